The van der Waals surface area contributed by atoms with Gasteiger partial charge in [0.1, 0.15) is 11.2 Å². The van der Waals surface area contributed by atoms with Gasteiger partial charge in [-0.3, -0.25) is 9.36 Å². The van der Waals surface area contributed by atoms with Crippen LogP contribution >= 0.6 is 0 Å². The lowest BCUT2D eigenvalue weighted by molar-refractivity contribution is 0.0695. The summed E-state index contributed by atoms with van der Waals surface area (Å²) in [6.07, 6.45) is 2.02. The molecule has 1 N–H and O–H groups in total. The van der Waals surface area contributed by atoms with E-state index in [0.29, 0.717) is 11.3 Å². The van der Waals surface area contributed by atoms with E-state index >= 15 is 0 Å². The van der Waals surface area contributed by atoms with Crippen molar-refractivity contribution >= 4 is 22.7 Å². The van der Waals surface area contributed by atoms with Crippen LogP contribution in [0.25, 0.3) is 11.0 Å². The highest BCUT2D eigenvalue weighted by atomic mass is 16.4. The van der Waals surface area contributed by atoms with Crippen molar-refractivity contribution < 1.29 is 9.90 Å². The second-order valence-corrected chi connectivity index (χ2v) is 5.41. The summed E-state index contributed by atoms with van der Waals surface area (Å²) in [5.74, 6) is -1.18. The van der Waals surface area contributed by atoms with Crippen LogP contribution in [0, 0.1) is 6.92 Å². The first-order valence-corrected chi connectivity index (χ1v) is 6.99. The molecule has 6 nitrogen and oxygen atoms in total. The van der Waals surface area contributed by atoms with E-state index in [0.717, 1.165) is 37.0 Å². The van der Waals surface area contributed by atoms with Gasteiger partial charge in [-0.05, 0) is 31.9 Å². The van der Waals surface area contributed by atoms with Gasteiger partial charge in [0.25, 0.3) is 5.56 Å². The second-order valence-electron chi connectivity index (χ2n) is 5.41. The molecule has 0 amide bonds. The molecule has 21 heavy (non-hydrogen) atoms. The van der Waals surface area contributed by atoms with Gasteiger partial charge in [-0.15, -0.1) is 0 Å². The third-order valence-electron chi connectivity index (χ3n) is 3.98. The molecule has 0 aliphatic carbocycles. The number of aromatic carboxylic acids is 1. The normalized spacial score (nSPS) is 14.9. The van der Waals surface area contributed by atoms with Crippen LogP contribution < -0.4 is 10.5 Å². The fourth-order valence-electron chi connectivity index (χ4n) is 2.95. The molecule has 1 aliphatic heterocycles. The van der Waals surface area contributed by atoms with Gasteiger partial charge in [0, 0.05) is 31.2 Å². The maximum absolute atomic E-state index is 12.4. The Morgan fingerprint density at radius 1 is 1.29 bits per heavy atom. The van der Waals surface area contributed by atoms with Crippen LogP contribution in [0.4, 0.5) is 5.69 Å². The van der Waals surface area contributed by atoms with E-state index in [9.17, 15) is 14.7 Å². The number of hydrogen-bond donors (Lipinski definition) is 1. The minimum absolute atomic E-state index is 0.155. The van der Waals surface area contributed by atoms with Crippen molar-refractivity contribution in [2.75, 3.05) is 18.0 Å². The second kappa shape index (κ2) is 4.87. The van der Waals surface area contributed by atoms with Gasteiger partial charge in [0.2, 0.25) is 0 Å². The van der Waals surface area contributed by atoms with Crippen LogP contribution in [-0.4, -0.2) is 33.7 Å². The Balaban J connectivity index is 2.45. The molecule has 0 atom stereocenters. The third kappa shape index (κ3) is 2.07. The van der Waals surface area contributed by atoms with Gasteiger partial charge < -0.3 is 10.0 Å². The zero-order chi connectivity index (χ0) is 15.1. The number of carboxylic acid groups (broad SMARTS) is 1. The molecule has 1 saturated heterocycles. The molecule has 0 unspecified atom stereocenters. The Morgan fingerprint density at radius 2 is 1.95 bits per heavy atom. The summed E-state index contributed by atoms with van der Waals surface area (Å²) in [5.41, 5.74) is 1.19. The molecule has 110 valence electrons. The van der Waals surface area contributed by atoms with Crippen molar-refractivity contribution in [1.82, 2.24) is 9.55 Å². The number of aromatic nitrogens is 2. The third-order valence-corrected chi connectivity index (χ3v) is 3.98. The summed E-state index contributed by atoms with van der Waals surface area (Å²) in [4.78, 5) is 30.4. The minimum atomic E-state index is -1.18. The van der Waals surface area contributed by atoms with Crippen molar-refractivity contribution in [3.8, 4) is 0 Å². The van der Waals surface area contributed by atoms with Gasteiger partial charge in [0.15, 0.2) is 0 Å². The molecule has 3 heterocycles. The van der Waals surface area contributed by atoms with E-state index in [1.807, 2.05) is 24.0 Å². The number of anilines is 1. The Bertz CT molecular complexity index is 789. The molecule has 0 spiro atoms. The molecule has 3 rings (SSSR count). The Hall–Kier alpha value is -2.37. The highest BCUT2D eigenvalue weighted by molar-refractivity contribution is 6.04. The summed E-state index contributed by atoms with van der Waals surface area (Å²) >= 11 is 0. The molecule has 2 aromatic heterocycles. The number of pyridine rings is 2. The summed E-state index contributed by atoms with van der Waals surface area (Å²) in [6.45, 7) is 3.40. The largest absolute Gasteiger partial charge is 0.477 e. The molecule has 6 heteroatoms. The maximum atomic E-state index is 12.4. The highest BCUT2D eigenvalue weighted by Crippen LogP contribution is 2.30. The van der Waals surface area contributed by atoms with E-state index in [2.05, 4.69) is 4.98 Å². The van der Waals surface area contributed by atoms with Crippen LogP contribution in [-0.2, 0) is 7.05 Å². The average Bonchev–Trinajstić information content (AvgIpc) is 2.96. The topological polar surface area (TPSA) is 75.4 Å². The Labute approximate surface area is 121 Å². The molecule has 0 saturated carbocycles. The number of hydrogen-bond acceptors (Lipinski definition) is 4. The summed E-state index contributed by atoms with van der Waals surface area (Å²) in [6, 6.07) is 3.70. The highest BCUT2D eigenvalue weighted by Gasteiger charge is 2.26. The maximum Gasteiger partial charge on any atom is 0.343 e. The molecular weight excluding hydrogens is 270 g/mol. The number of rotatable bonds is 2. The minimum Gasteiger partial charge on any atom is -0.477 e. The lowest BCUT2D eigenvalue weighted by Gasteiger charge is -2.22. The first-order chi connectivity index (χ1) is 10.0. The lowest BCUT2D eigenvalue weighted by atomic mass is 10.1. The van der Waals surface area contributed by atoms with E-state index in [1.165, 1.54) is 4.57 Å². The number of carboxylic acids is 1. The first kappa shape index (κ1) is 13.6. The summed E-state index contributed by atoms with van der Waals surface area (Å²) < 4.78 is 1.32. The molecule has 1 fully saturated rings. The van der Waals surface area contributed by atoms with Gasteiger partial charge in [-0.2, -0.15) is 0 Å². The molecule has 2 aromatic rings. The van der Waals surface area contributed by atoms with Crippen molar-refractivity contribution in [3.63, 3.8) is 0 Å². The van der Waals surface area contributed by atoms with E-state index < -0.39 is 11.5 Å². The zero-order valence-corrected chi connectivity index (χ0v) is 12.1. The molecule has 0 radical (unpaired) electrons. The molecule has 0 bridgehead atoms. The molecule has 1 aliphatic rings. The fourth-order valence-corrected chi connectivity index (χ4v) is 2.95. The lowest BCUT2D eigenvalue weighted by Crippen LogP contribution is -2.31. The van der Waals surface area contributed by atoms with Crippen LogP contribution in [0.3, 0.4) is 0 Å². The van der Waals surface area contributed by atoms with E-state index in [4.69, 9.17) is 0 Å². The van der Waals surface area contributed by atoms with Crippen LogP contribution in [0.15, 0.2) is 16.9 Å². The standard InChI is InChI=1S/C15H17N3O3/c1-9-5-6-10-12(18-7-3-4-8-18)11(15(20)21)14(19)17(2)13(10)16-9/h5-6H,3-4,7-8H2,1-2H3,(H,20,21). The van der Waals surface area contributed by atoms with Gasteiger partial charge in [-0.1, -0.05) is 0 Å². The summed E-state index contributed by atoms with van der Waals surface area (Å²) in [7, 11) is 1.57. The van der Waals surface area contributed by atoms with Gasteiger partial charge in [-0.25, -0.2) is 9.78 Å². The SMILES string of the molecule is Cc1ccc2c(N3CCCC3)c(C(=O)O)c(=O)n(C)c2n1. The van der Waals surface area contributed by atoms with Crippen molar-refractivity contribution in [2.45, 2.75) is 19.8 Å². The Morgan fingerprint density at radius 3 is 2.57 bits per heavy atom. The van der Waals surface area contributed by atoms with Crippen molar-refractivity contribution in [2.24, 2.45) is 7.05 Å². The number of fused-ring (bicyclic) bond motifs is 1. The quantitative estimate of drug-likeness (QED) is 0.906. The molecule has 0 aromatic carbocycles. The monoisotopic (exact) mass is 287 g/mol. The summed E-state index contributed by atoms with van der Waals surface area (Å²) in [5, 5.41) is 10.2. The first-order valence-electron chi connectivity index (χ1n) is 6.99. The number of carbonyl (C=O) groups is 1. The van der Waals surface area contributed by atoms with E-state index in [1.54, 1.807) is 7.05 Å². The van der Waals surface area contributed by atoms with Gasteiger partial charge in [0.05, 0.1) is 5.69 Å². The van der Waals surface area contributed by atoms with Crippen molar-refractivity contribution in [1.29, 1.82) is 0 Å². The average molecular weight is 287 g/mol. The smallest absolute Gasteiger partial charge is 0.343 e. The van der Waals surface area contributed by atoms with Crippen molar-refractivity contribution in [3.05, 3.63) is 33.7 Å². The number of nitrogens with zero attached hydrogens (tertiary/aromatic N) is 3. The van der Waals surface area contributed by atoms with E-state index in [-0.39, 0.29) is 5.56 Å². The number of aryl methyl sites for hydroxylation is 2. The fraction of sp³-hybridized carbons (Fsp3) is 0.400. The van der Waals surface area contributed by atoms with Crippen LogP contribution in [0.5, 0.6) is 0 Å². The van der Waals surface area contributed by atoms with Crippen LogP contribution in [0.2, 0.25) is 0 Å². The Kier molecular flexibility index (Phi) is 3.16. The predicted molar refractivity (Wildman–Crippen MR) is 80.1 cm³/mol. The van der Waals surface area contributed by atoms with Gasteiger partial charge >= 0.3 is 5.97 Å². The molecular formula is C15H17N3O3. The van der Waals surface area contributed by atoms with Crippen LogP contribution in [0.1, 0.15) is 28.9 Å². The predicted octanol–water partition coefficient (Wildman–Crippen LogP) is 1.54. The zero-order valence-electron chi connectivity index (χ0n) is 12.1.